The van der Waals surface area contributed by atoms with Crippen molar-refractivity contribution in [2.45, 2.75) is 96.8 Å². The summed E-state index contributed by atoms with van der Waals surface area (Å²) in [4.78, 5) is 0. The maximum absolute atomic E-state index is 14.4. The molecule has 2 aromatic carbocycles. The molecule has 40 heavy (non-hydrogen) atoms. The summed E-state index contributed by atoms with van der Waals surface area (Å²) in [5.41, 5.74) is 3.01. The van der Waals surface area contributed by atoms with Gasteiger partial charge in [0.2, 0.25) is 11.6 Å². The van der Waals surface area contributed by atoms with E-state index in [9.17, 15) is 8.78 Å². The van der Waals surface area contributed by atoms with Crippen LogP contribution >= 0.6 is 0 Å². The molecule has 0 heterocycles. The van der Waals surface area contributed by atoms with Gasteiger partial charge in [0.1, 0.15) is 0 Å². The number of ether oxygens (including phenoxy) is 2. The van der Waals surface area contributed by atoms with Gasteiger partial charge in [-0.3, -0.25) is 0 Å². The molecule has 0 radical (unpaired) electrons. The highest BCUT2D eigenvalue weighted by molar-refractivity contribution is 5.35. The molecule has 5 rings (SSSR count). The van der Waals surface area contributed by atoms with Crippen molar-refractivity contribution in [3.05, 3.63) is 71.3 Å². The molecule has 3 fully saturated rings. The smallest absolute Gasteiger partial charge is 0.204 e. The van der Waals surface area contributed by atoms with Crippen LogP contribution in [0.4, 0.5) is 8.78 Å². The van der Waals surface area contributed by atoms with Crippen LogP contribution in [0.5, 0.6) is 11.5 Å². The number of fused-ring (bicyclic) bond motifs is 1. The number of aryl methyl sites for hydroxylation is 1. The van der Waals surface area contributed by atoms with Crippen molar-refractivity contribution >= 4 is 0 Å². The second-order valence-corrected chi connectivity index (χ2v) is 12.7. The van der Waals surface area contributed by atoms with Gasteiger partial charge < -0.3 is 9.47 Å². The number of rotatable bonds is 10. The number of allylic oxidation sites excluding steroid dienone is 2. The van der Waals surface area contributed by atoms with Gasteiger partial charge in [-0.25, -0.2) is 0 Å². The highest BCUT2D eigenvalue weighted by Crippen LogP contribution is 2.46. The Morgan fingerprint density at radius 3 is 2.02 bits per heavy atom. The van der Waals surface area contributed by atoms with Crippen molar-refractivity contribution in [1.29, 1.82) is 0 Å². The molecule has 2 aromatic rings. The molecule has 3 saturated carbocycles. The second kappa shape index (κ2) is 14.0. The lowest BCUT2D eigenvalue weighted by atomic mass is 9.65. The van der Waals surface area contributed by atoms with E-state index < -0.39 is 11.6 Å². The Kier molecular flexibility index (Phi) is 10.2. The zero-order valence-electron chi connectivity index (χ0n) is 24.6. The normalized spacial score (nSPS) is 28.8. The van der Waals surface area contributed by atoms with E-state index in [1.807, 2.05) is 0 Å². The molecule has 0 spiro atoms. The summed E-state index contributed by atoms with van der Waals surface area (Å²) in [5.74, 6) is 2.20. The minimum absolute atomic E-state index is 0.00386. The van der Waals surface area contributed by atoms with Gasteiger partial charge in [0.25, 0.3) is 0 Å². The third-order valence-corrected chi connectivity index (χ3v) is 9.97. The van der Waals surface area contributed by atoms with Crippen molar-refractivity contribution in [3.8, 4) is 11.5 Å². The minimum atomic E-state index is -0.959. The molecule has 0 bridgehead atoms. The van der Waals surface area contributed by atoms with Crippen LogP contribution in [0.1, 0.15) is 102 Å². The first-order chi connectivity index (χ1) is 19.5. The molecule has 0 aliphatic heterocycles. The number of benzene rings is 2. The lowest BCUT2D eigenvalue weighted by Gasteiger charge is -2.41. The Morgan fingerprint density at radius 1 is 0.700 bits per heavy atom. The van der Waals surface area contributed by atoms with Gasteiger partial charge in [-0.15, -0.1) is 0 Å². The third-order valence-electron chi connectivity index (χ3n) is 9.97. The summed E-state index contributed by atoms with van der Waals surface area (Å²) in [6.07, 6.45) is 20.2. The van der Waals surface area contributed by atoms with Gasteiger partial charge >= 0.3 is 0 Å². The van der Waals surface area contributed by atoms with Crippen LogP contribution < -0.4 is 9.47 Å². The van der Waals surface area contributed by atoms with E-state index in [0.29, 0.717) is 19.1 Å². The van der Waals surface area contributed by atoms with E-state index in [1.54, 1.807) is 12.5 Å². The summed E-state index contributed by atoms with van der Waals surface area (Å²) in [6, 6.07) is 12.4. The Hall–Kier alpha value is -2.36. The number of hydrogen-bond donors (Lipinski definition) is 0. The molecular formula is C36H48F2O2. The van der Waals surface area contributed by atoms with Gasteiger partial charge in [-0.05, 0) is 136 Å². The standard InChI is InChI=1S/C36H48F2O2/c1-3-5-25-8-14-29(15-9-25)30-16-10-26(11-17-30)6-7-27-12-18-32-23-28(13-19-31(32)22-27)24-40-34-21-20-33(39-4-2)35(37)36(34)38/h6-9,14-15,20-21,26-28,30-32H,3-5,10-13,16-19,22-24H2,1-2H3/b7-6+. The van der Waals surface area contributed by atoms with Crippen LogP contribution in [-0.4, -0.2) is 13.2 Å². The molecular weight excluding hydrogens is 502 g/mol. The fourth-order valence-corrected chi connectivity index (χ4v) is 7.65. The van der Waals surface area contributed by atoms with Crippen LogP contribution in [0.3, 0.4) is 0 Å². The number of halogens is 2. The summed E-state index contributed by atoms with van der Waals surface area (Å²) >= 11 is 0. The lowest BCUT2D eigenvalue weighted by Crippen LogP contribution is -2.32. The zero-order chi connectivity index (χ0) is 27.9. The van der Waals surface area contributed by atoms with Gasteiger partial charge in [0.15, 0.2) is 11.5 Å². The monoisotopic (exact) mass is 550 g/mol. The Labute approximate surface area is 240 Å². The average Bonchev–Trinajstić information content (AvgIpc) is 2.99. The molecule has 4 heteroatoms. The Morgan fingerprint density at radius 2 is 1.32 bits per heavy atom. The predicted octanol–water partition coefficient (Wildman–Crippen LogP) is 10.1. The van der Waals surface area contributed by atoms with Crippen LogP contribution in [0.15, 0.2) is 48.6 Å². The van der Waals surface area contributed by atoms with Crippen molar-refractivity contribution in [1.82, 2.24) is 0 Å². The Bertz CT molecular complexity index is 1100. The summed E-state index contributed by atoms with van der Waals surface area (Å²) in [5, 5.41) is 0. The van der Waals surface area contributed by atoms with Gasteiger partial charge in [0, 0.05) is 0 Å². The van der Waals surface area contributed by atoms with E-state index in [4.69, 9.17) is 9.47 Å². The summed E-state index contributed by atoms with van der Waals surface area (Å²) < 4.78 is 39.5. The minimum Gasteiger partial charge on any atom is -0.491 e. The number of hydrogen-bond acceptors (Lipinski definition) is 2. The molecule has 0 aromatic heterocycles. The summed E-state index contributed by atoms with van der Waals surface area (Å²) in [6.45, 7) is 4.76. The van der Waals surface area contributed by atoms with Crippen molar-refractivity contribution < 1.29 is 18.3 Å². The molecule has 0 N–H and O–H groups in total. The van der Waals surface area contributed by atoms with E-state index in [0.717, 1.165) is 42.4 Å². The van der Waals surface area contributed by atoms with E-state index in [2.05, 4.69) is 43.3 Å². The van der Waals surface area contributed by atoms with Gasteiger partial charge in [-0.1, -0.05) is 49.8 Å². The molecule has 4 unspecified atom stereocenters. The fourth-order valence-electron chi connectivity index (χ4n) is 7.65. The predicted molar refractivity (Wildman–Crippen MR) is 159 cm³/mol. The molecule has 4 atom stereocenters. The van der Waals surface area contributed by atoms with Gasteiger partial charge in [-0.2, -0.15) is 8.78 Å². The highest BCUT2D eigenvalue weighted by Gasteiger charge is 2.35. The van der Waals surface area contributed by atoms with Crippen molar-refractivity contribution in [2.24, 2.45) is 29.6 Å². The molecule has 3 aliphatic rings. The fraction of sp³-hybridized carbons (Fsp3) is 0.611. The maximum Gasteiger partial charge on any atom is 0.204 e. The molecule has 0 amide bonds. The van der Waals surface area contributed by atoms with Crippen molar-refractivity contribution in [3.63, 3.8) is 0 Å². The zero-order valence-corrected chi connectivity index (χ0v) is 24.6. The third kappa shape index (κ3) is 7.28. The highest BCUT2D eigenvalue weighted by atomic mass is 19.2. The Balaban J connectivity index is 1.03. The van der Waals surface area contributed by atoms with E-state index in [1.165, 1.54) is 81.9 Å². The first kappa shape index (κ1) is 29.1. The van der Waals surface area contributed by atoms with Crippen molar-refractivity contribution in [2.75, 3.05) is 13.2 Å². The maximum atomic E-state index is 14.4. The van der Waals surface area contributed by atoms with Gasteiger partial charge in [0.05, 0.1) is 13.2 Å². The van der Waals surface area contributed by atoms with Crippen LogP contribution in [0, 0.1) is 41.2 Å². The van der Waals surface area contributed by atoms with E-state index >= 15 is 0 Å². The molecule has 0 saturated heterocycles. The lowest BCUT2D eigenvalue weighted by molar-refractivity contribution is 0.0852. The molecule has 3 aliphatic carbocycles. The quantitative estimate of drug-likeness (QED) is 0.274. The van der Waals surface area contributed by atoms with Crippen LogP contribution in [-0.2, 0) is 6.42 Å². The van der Waals surface area contributed by atoms with E-state index in [-0.39, 0.29) is 11.5 Å². The molecule has 218 valence electrons. The largest absolute Gasteiger partial charge is 0.491 e. The SMILES string of the molecule is CCCc1ccc(C2CCC(/C=C/C3CCC4CC(COc5ccc(OCC)c(F)c5F)CCC4C3)CC2)cc1. The first-order valence-electron chi connectivity index (χ1n) is 16.0. The molecule has 2 nitrogen and oxygen atoms in total. The van der Waals surface area contributed by atoms with Crippen LogP contribution in [0.25, 0.3) is 0 Å². The topological polar surface area (TPSA) is 18.5 Å². The summed E-state index contributed by atoms with van der Waals surface area (Å²) in [7, 11) is 0. The first-order valence-corrected chi connectivity index (χ1v) is 16.0. The van der Waals surface area contributed by atoms with Crippen LogP contribution in [0.2, 0.25) is 0 Å². The average molecular weight is 551 g/mol. The second-order valence-electron chi connectivity index (χ2n) is 12.7.